The van der Waals surface area contributed by atoms with Crippen LogP contribution in [0, 0.1) is 12.8 Å². The van der Waals surface area contributed by atoms with Crippen LogP contribution in [0.4, 0.5) is 5.69 Å². The molecule has 0 bridgehead atoms. The Labute approximate surface area is 146 Å². The molecule has 126 valence electrons. The smallest absolute Gasteiger partial charge is 0.251 e. The monoisotopic (exact) mass is 343 g/mol. The quantitative estimate of drug-likeness (QED) is 0.818. The van der Waals surface area contributed by atoms with Crippen molar-refractivity contribution >= 4 is 28.8 Å². The molecular weight excluding hydrogens is 322 g/mol. The van der Waals surface area contributed by atoms with Crippen molar-refractivity contribution < 1.29 is 4.79 Å². The van der Waals surface area contributed by atoms with E-state index in [0.29, 0.717) is 11.3 Å². The van der Waals surface area contributed by atoms with Crippen LogP contribution in [0.5, 0.6) is 0 Å². The van der Waals surface area contributed by atoms with Crippen LogP contribution < -0.4 is 16.6 Å². The molecule has 24 heavy (non-hydrogen) atoms. The SMILES string of the molecule is Cc1cccc(=O)n1C(C(=O)Nc1cccc(C(N)=S)c1)C(C)C. The first kappa shape index (κ1) is 17.9. The predicted molar refractivity (Wildman–Crippen MR) is 100 cm³/mol. The Morgan fingerprint density at radius 3 is 2.46 bits per heavy atom. The van der Waals surface area contributed by atoms with Crippen LogP contribution in [-0.2, 0) is 4.79 Å². The van der Waals surface area contributed by atoms with Crippen molar-refractivity contribution in [3.63, 3.8) is 0 Å². The Bertz CT molecular complexity index is 827. The second-order valence-corrected chi connectivity index (χ2v) is 6.44. The Kier molecular flexibility index (Phi) is 5.51. The van der Waals surface area contributed by atoms with Crippen LogP contribution in [0.1, 0.15) is 31.1 Å². The molecular formula is C18H21N3O2S. The number of nitrogens with zero attached hydrogens (tertiary/aromatic N) is 1. The van der Waals surface area contributed by atoms with E-state index in [1.54, 1.807) is 30.3 Å². The molecule has 1 unspecified atom stereocenters. The number of amides is 1. The Morgan fingerprint density at radius 2 is 1.88 bits per heavy atom. The van der Waals surface area contributed by atoms with E-state index in [0.717, 1.165) is 5.69 Å². The van der Waals surface area contributed by atoms with Crippen molar-refractivity contribution in [3.8, 4) is 0 Å². The lowest BCUT2D eigenvalue weighted by atomic mass is 10.0. The van der Waals surface area contributed by atoms with E-state index >= 15 is 0 Å². The summed E-state index contributed by atoms with van der Waals surface area (Å²) in [6, 6.07) is 11.4. The van der Waals surface area contributed by atoms with E-state index in [1.165, 1.54) is 10.6 Å². The lowest BCUT2D eigenvalue weighted by Gasteiger charge is -2.24. The molecule has 0 spiro atoms. The van der Waals surface area contributed by atoms with Gasteiger partial charge in [-0.3, -0.25) is 9.59 Å². The first-order valence-electron chi connectivity index (χ1n) is 7.70. The number of hydrogen-bond acceptors (Lipinski definition) is 3. The molecule has 0 aliphatic carbocycles. The fourth-order valence-electron chi connectivity index (χ4n) is 2.65. The second-order valence-electron chi connectivity index (χ2n) is 6.00. The lowest BCUT2D eigenvalue weighted by molar-refractivity contribution is -0.120. The summed E-state index contributed by atoms with van der Waals surface area (Å²) < 4.78 is 1.53. The summed E-state index contributed by atoms with van der Waals surface area (Å²) in [5.41, 5.74) is 7.45. The van der Waals surface area contributed by atoms with Gasteiger partial charge in [0.1, 0.15) is 11.0 Å². The van der Waals surface area contributed by atoms with Gasteiger partial charge in [0.15, 0.2) is 0 Å². The highest BCUT2D eigenvalue weighted by atomic mass is 32.1. The van der Waals surface area contributed by atoms with E-state index in [4.69, 9.17) is 18.0 Å². The average molecular weight is 343 g/mol. The molecule has 0 aliphatic heterocycles. The molecule has 1 aromatic carbocycles. The average Bonchev–Trinajstić information content (AvgIpc) is 2.50. The fourth-order valence-corrected chi connectivity index (χ4v) is 2.77. The summed E-state index contributed by atoms with van der Waals surface area (Å²) in [4.78, 5) is 25.3. The summed E-state index contributed by atoms with van der Waals surface area (Å²) in [5, 5.41) is 2.86. The normalized spacial score (nSPS) is 12.0. The minimum Gasteiger partial charge on any atom is -0.389 e. The van der Waals surface area contributed by atoms with Crippen LogP contribution in [0.25, 0.3) is 0 Å². The van der Waals surface area contributed by atoms with Crippen molar-refractivity contribution in [2.75, 3.05) is 5.32 Å². The summed E-state index contributed by atoms with van der Waals surface area (Å²) >= 11 is 4.96. The largest absolute Gasteiger partial charge is 0.389 e. The number of nitrogens with two attached hydrogens (primary N) is 1. The number of aryl methyl sites for hydroxylation is 1. The molecule has 0 aliphatic rings. The van der Waals surface area contributed by atoms with Gasteiger partial charge in [-0.25, -0.2) is 0 Å². The van der Waals surface area contributed by atoms with E-state index in [1.807, 2.05) is 26.8 Å². The van der Waals surface area contributed by atoms with Crippen molar-refractivity contribution in [1.29, 1.82) is 0 Å². The van der Waals surface area contributed by atoms with Gasteiger partial charge in [0.2, 0.25) is 5.91 Å². The maximum Gasteiger partial charge on any atom is 0.251 e. The van der Waals surface area contributed by atoms with Crippen molar-refractivity contribution in [3.05, 3.63) is 64.1 Å². The first-order chi connectivity index (χ1) is 11.3. The molecule has 2 rings (SSSR count). The highest BCUT2D eigenvalue weighted by Crippen LogP contribution is 2.21. The number of thiocarbonyl (C=S) groups is 1. The highest BCUT2D eigenvalue weighted by molar-refractivity contribution is 7.80. The molecule has 0 fully saturated rings. The van der Waals surface area contributed by atoms with Gasteiger partial charge in [-0.15, -0.1) is 0 Å². The van der Waals surface area contributed by atoms with Crippen LogP contribution in [0.3, 0.4) is 0 Å². The zero-order valence-corrected chi connectivity index (χ0v) is 14.8. The number of pyridine rings is 1. The molecule has 0 radical (unpaired) electrons. The number of carbonyl (C=O) groups is 1. The highest BCUT2D eigenvalue weighted by Gasteiger charge is 2.26. The topological polar surface area (TPSA) is 77.1 Å². The van der Waals surface area contributed by atoms with Crippen molar-refractivity contribution in [1.82, 2.24) is 4.57 Å². The van der Waals surface area contributed by atoms with Gasteiger partial charge in [-0.1, -0.05) is 44.3 Å². The molecule has 1 atom stereocenters. The van der Waals surface area contributed by atoms with Gasteiger partial charge in [0.25, 0.3) is 5.56 Å². The summed E-state index contributed by atoms with van der Waals surface area (Å²) in [5.74, 6) is -0.302. The van der Waals surface area contributed by atoms with Crippen LogP contribution in [-0.4, -0.2) is 15.5 Å². The van der Waals surface area contributed by atoms with Crippen LogP contribution >= 0.6 is 12.2 Å². The number of aromatic nitrogens is 1. The third-order valence-electron chi connectivity index (χ3n) is 3.79. The summed E-state index contributed by atoms with van der Waals surface area (Å²) in [6.07, 6.45) is 0. The minimum atomic E-state index is -0.604. The van der Waals surface area contributed by atoms with Gasteiger partial charge < -0.3 is 15.6 Å². The first-order valence-corrected chi connectivity index (χ1v) is 8.11. The number of carbonyl (C=O) groups excluding carboxylic acids is 1. The van der Waals surface area contributed by atoms with E-state index in [-0.39, 0.29) is 22.4 Å². The second kappa shape index (κ2) is 7.40. The third-order valence-corrected chi connectivity index (χ3v) is 4.02. The molecule has 0 saturated carbocycles. The zero-order chi connectivity index (χ0) is 17.9. The summed E-state index contributed by atoms with van der Waals surface area (Å²) in [6.45, 7) is 5.64. The Hall–Kier alpha value is -2.47. The number of rotatable bonds is 5. The summed E-state index contributed by atoms with van der Waals surface area (Å²) in [7, 11) is 0. The maximum absolute atomic E-state index is 12.8. The predicted octanol–water partition coefficient (Wildman–Crippen LogP) is 2.63. The molecule has 1 heterocycles. The van der Waals surface area contributed by atoms with Gasteiger partial charge in [0.05, 0.1) is 0 Å². The minimum absolute atomic E-state index is 0.0532. The number of hydrogen-bond donors (Lipinski definition) is 2. The molecule has 6 heteroatoms. The standard InChI is InChI=1S/C18H21N3O2S/c1-11(2)16(21-12(3)6-4-9-15(21)22)18(23)20-14-8-5-7-13(10-14)17(19)24/h4-11,16H,1-3H3,(H2,19,24)(H,20,23). The zero-order valence-electron chi connectivity index (χ0n) is 13.9. The van der Waals surface area contributed by atoms with Gasteiger partial charge in [-0.05, 0) is 31.0 Å². The van der Waals surface area contributed by atoms with E-state index in [9.17, 15) is 9.59 Å². The number of anilines is 1. The molecule has 1 amide bonds. The van der Waals surface area contributed by atoms with Gasteiger partial charge in [-0.2, -0.15) is 0 Å². The Balaban J connectivity index is 2.36. The lowest BCUT2D eigenvalue weighted by Crippen LogP contribution is -2.37. The molecule has 5 nitrogen and oxygen atoms in total. The third kappa shape index (κ3) is 3.89. The number of benzene rings is 1. The fraction of sp³-hybridized carbons (Fsp3) is 0.278. The Morgan fingerprint density at radius 1 is 1.21 bits per heavy atom. The van der Waals surface area contributed by atoms with E-state index < -0.39 is 6.04 Å². The van der Waals surface area contributed by atoms with E-state index in [2.05, 4.69) is 5.32 Å². The van der Waals surface area contributed by atoms with Gasteiger partial charge >= 0.3 is 0 Å². The number of nitrogens with one attached hydrogen (secondary N) is 1. The van der Waals surface area contributed by atoms with Crippen LogP contribution in [0.15, 0.2) is 47.3 Å². The van der Waals surface area contributed by atoms with Crippen molar-refractivity contribution in [2.24, 2.45) is 11.7 Å². The van der Waals surface area contributed by atoms with Crippen molar-refractivity contribution in [2.45, 2.75) is 26.8 Å². The van der Waals surface area contributed by atoms with Crippen LogP contribution in [0.2, 0.25) is 0 Å². The maximum atomic E-state index is 12.8. The molecule has 3 N–H and O–H groups in total. The molecule has 1 aromatic heterocycles. The molecule has 2 aromatic rings. The van der Waals surface area contributed by atoms with Gasteiger partial charge in [0, 0.05) is 23.0 Å². The molecule has 0 saturated heterocycles.